The second-order valence-corrected chi connectivity index (χ2v) is 8.10. The van der Waals surface area contributed by atoms with Crippen molar-refractivity contribution in [1.82, 2.24) is 4.98 Å². The van der Waals surface area contributed by atoms with Crippen LogP contribution in [0.15, 0.2) is 18.3 Å². The summed E-state index contributed by atoms with van der Waals surface area (Å²) < 4.78 is 6.24. The van der Waals surface area contributed by atoms with Crippen molar-refractivity contribution < 1.29 is 29.5 Å². The number of carbonyl (C=O) groups excluding carboxylic acids is 1. The van der Waals surface area contributed by atoms with Crippen LogP contribution in [0.4, 0.5) is 5.69 Å². The topological polar surface area (TPSA) is 42.4 Å². The summed E-state index contributed by atoms with van der Waals surface area (Å²) in [7, 11) is 0. The zero-order valence-electron chi connectivity index (χ0n) is 11.7. The number of rotatable bonds is 6. The molecule has 0 spiro atoms. The minimum atomic E-state index is -0.358. The molecule has 0 N–H and O–H groups in total. The number of alkyl halides is 1. The predicted octanol–water partition coefficient (Wildman–Crippen LogP) is -0.648. The molecule has 0 radical (unpaired) electrons. The number of hydrogen-bond acceptors (Lipinski definition) is 4. The van der Waals surface area contributed by atoms with Crippen LogP contribution in [0.3, 0.4) is 0 Å². The van der Waals surface area contributed by atoms with Crippen LogP contribution in [-0.4, -0.2) is 28.5 Å². The van der Waals surface area contributed by atoms with E-state index in [0.717, 1.165) is 17.5 Å². The summed E-state index contributed by atoms with van der Waals surface area (Å²) in [6, 6.07) is 4.29. The van der Waals surface area contributed by atoms with E-state index in [-0.39, 0.29) is 27.6 Å². The average Bonchev–Trinajstić information content (AvgIpc) is 3.24. The Morgan fingerprint density at radius 1 is 1.50 bits per heavy atom. The van der Waals surface area contributed by atoms with Crippen molar-refractivity contribution in [3.05, 3.63) is 24.0 Å². The van der Waals surface area contributed by atoms with Crippen LogP contribution >= 0.6 is 0 Å². The van der Waals surface area contributed by atoms with Crippen LogP contribution in [-0.2, 0) is 7.86 Å². The SMILES string of the molecule is CC[I-]OC(=O)CC1CN(c2ccnc(C3CC3)c2)C1. The molecule has 1 aromatic rings. The Kier molecular flexibility index (Phi) is 4.43. The van der Waals surface area contributed by atoms with Gasteiger partial charge in [-0.25, -0.2) is 0 Å². The molecule has 1 aromatic heterocycles. The normalized spacial score (nSPS) is 18.9. The van der Waals surface area contributed by atoms with Crippen LogP contribution in [0.2, 0.25) is 0 Å². The van der Waals surface area contributed by atoms with Gasteiger partial charge in [-0.3, -0.25) is 0 Å². The monoisotopic (exact) mass is 387 g/mol. The first kappa shape index (κ1) is 14.1. The Morgan fingerprint density at radius 2 is 2.30 bits per heavy atom. The van der Waals surface area contributed by atoms with Crippen molar-refractivity contribution >= 4 is 11.7 Å². The standard InChI is InChI=1S/C15H20IN2O2/c1-2-16-20-15(19)7-11-9-18(10-11)13-5-6-17-14(8-13)12-3-4-12/h5-6,8,11-12H,2-4,7,9-10H2,1H3/q-1. The molecule has 0 atom stereocenters. The van der Waals surface area contributed by atoms with Crippen molar-refractivity contribution in [2.75, 3.05) is 22.4 Å². The molecule has 1 saturated heterocycles. The van der Waals surface area contributed by atoms with Crippen LogP contribution in [0, 0.1) is 5.92 Å². The first-order valence-electron chi connectivity index (χ1n) is 7.26. The molecule has 0 amide bonds. The molecule has 5 heteroatoms. The van der Waals surface area contributed by atoms with E-state index in [1.807, 2.05) is 6.20 Å². The molecular weight excluding hydrogens is 367 g/mol. The zero-order chi connectivity index (χ0) is 13.9. The van der Waals surface area contributed by atoms with E-state index in [1.54, 1.807) is 0 Å². The quantitative estimate of drug-likeness (QED) is 0.481. The summed E-state index contributed by atoms with van der Waals surface area (Å²) in [5, 5.41) is 0. The van der Waals surface area contributed by atoms with Gasteiger partial charge in [0.15, 0.2) is 0 Å². The van der Waals surface area contributed by atoms with Gasteiger partial charge in [-0.2, -0.15) is 0 Å². The molecule has 0 aromatic carbocycles. The summed E-state index contributed by atoms with van der Waals surface area (Å²) in [5.74, 6) is 1.15. The zero-order valence-corrected chi connectivity index (χ0v) is 13.9. The van der Waals surface area contributed by atoms with Gasteiger partial charge in [-0.1, -0.05) is 0 Å². The molecule has 110 valence electrons. The van der Waals surface area contributed by atoms with Gasteiger partial charge in [0, 0.05) is 0 Å². The van der Waals surface area contributed by atoms with Crippen molar-refractivity contribution in [3.8, 4) is 0 Å². The summed E-state index contributed by atoms with van der Waals surface area (Å²) in [6.45, 7) is 3.99. The van der Waals surface area contributed by atoms with E-state index in [2.05, 4.69) is 28.9 Å². The molecular formula is C15H20IN2O2-. The maximum absolute atomic E-state index is 11.6. The predicted molar refractivity (Wildman–Crippen MR) is 73.2 cm³/mol. The van der Waals surface area contributed by atoms with Crippen LogP contribution < -0.4 is 26.5 Å². The number of carbonyl (C=O) groups is 1. The fourth-order valence-electron chi connectivity index (χ4n) is 2.53. The van der Waals surface area contributed by atoms with Gasteiger partial charge in [0.2, 0.25) is 0 Å². The Hall–Kier alpha value is -0.850. The molecule has 2 fully saturated rings. The molecule has 3 rings (SSSR count). The van der Waals surface area contributed by atoms with Gasteiger partial charge < -0.3 is 0 Å². The molecule has 0 bridgehead atoms. The number of nitrogens with zero attached hydrogens (tertiary/aromatic N) is 2. The molecule has 0 unspecified atom stereocenters. The molecule has 4 nitrogen and oxygen atoms in total. The van der Waals surface area contributed by atoms with Gasteiger partial charge in [0.1, 0.15) is 0 Å². The first-order valence-corrected chi connectivity index (χ1v) is 9.66. The first-order chi connectivity index (χ1) is 9.76. The maximum atomic E-state index is 11.6. The number of anilines is 1. The van der Waals surface area contributed by atoms with E-state index in [1.165, 1.54) is 24.2 Å². The third kappa shape index (κ3) is 3.42. The molecule has 2 aliphatic rings. The minimum absolute atomic E-state index is 0.00213. The van der Waals surface area contributed by atoms with E-state index in [0.29, 0.717) is 18.3 Å². The summed E-state index contributed by atoms with van der Waals surface area (Å²) >= 11 is -0.358. The number of halogens is 1. The fraction of sp³-hybridized carbons (Fsp3) is 0.600. The Bertz CT molecular complexity index is 485. The van der Waals surface area contributed by atoms with Crippen LogP contribution in [0.25, 0.3) is 0 Å². The van der Waals surface area contributed by atoms with E-state index >= 15 is 0 Å². The van der Waals surface area contributed by atoms with Crippen LogP contribution in [0.5, 0.6) is 0 Å². The van der Waals surface area contributed by atoms with Gasteiger partial charge in [-0.05, 0) is 0 Å². The summed E-state index contributed by atoms with van der Waals surface area (Å²) in [5.41, 5.74) is 2.49. The summed E-state index contributed by atoms with van der Waals surface area (Å²) in [6.07, 6.45) is 5.06. The number of aromatic nitrogens is 1. The Morgan fingerprint density at radius 3 is 3.00 bits per heavy atom. The van der Waals surface area contributed by atoms with E-state index in [9.17, 15) is 4.79 Å². The average molecular weight is 387 g/mol. The fourth-order valence-corrected chi connectivity index (χ4v) is 3.37. The third-order valence-electron chi connectivity index (χ3n) is 3.79. The molecule has 1 aliphatic carbocycles. The van der Waals surface area contributed by atoms with Gasteiger partial charge in [-0.15, -0.1) is 0 Å². The summed E-state index contributed by atoms with van der Waals surface area (Å²) in [4.78, 5) is 18.4. The van der Waals surface area contributed by atoms with Gasteiger partial charge in [0.25, 0.3) is 0 Å². The molecule has 1 saturated carbocycles. The van der Waals surface area contributed by atoms with Crippen molar-refractivity contribution in [2.45, 2.75) is 32.1 Å². The second-order valence-electron chi connectivity index (χ2n) is 5.51. The van der Waals surface area contributed by atoms with Crippen molar-refractivity contribution in [1.29, 1.82) is 0 Å². The van der Waals surface area contributed by atoms with E-state index in [4.69, 9.17) is 3.07 Å². The molecule has 1 aliphatic heterocycles. The van der Waals surface area contributed by atoms with Crippen molar-refractivity contribution in [3.63, 3.8) is 0 Å². The van der Waals surface area contributed by atoms with Crippen LogP contribution in [0.1, 0.15) is 37.8 Å². The van der Waals surface area contributed by atoms with Gasteiger partial charge in [0.05, 0.1) is 0 Å². The molecule has 20 heavy (non-hydrogen) atoms. The van der Waals surface area contributed by atoms with Gasteiger partial charge >= 0.3 is 131 Å². The van der Waals surface area contributed by atoms with E-state index < -0.39 is 0 Å². The second kappa shape index (κ2) is 6.28. The Labute approximate surface area is 130 Å². The van der Waals surface area contributed by atoms with Crippen molar-refractivity contribution in [2.24, 2.45) is 5.92 Å². The Balaban J connectivity index is 1.47. The number of hydrogen-bond donors (Lipinski definition) is 0. The number of pyridine rings is 1. The third-order valence-corrected chi connectivity index (χ3v) is 5.21. The molecule has 2 heterocycles.